The predicted molar refractivity (Wildman–Crippen MR) is 70.5 cm³/mol. The van der Waals surface area contributed by atoms with Gasteiger partial charge in [0.05, 0.1) is 17.0 Å². The summed E-state index contributed by atoms with van der Waals surface area (Å²) in [5.74, 6) is 0.558. The van der Waals surface area contributed by atoms with Crippen molar-refractivity contribution in [3.63, 3.8) is 0 Å². The summed E-state index contributed by atoms with van der Waals surface area (Å²) in [6.45, 7) is 0. The molecule has 2 unspecified atom stereocenters. The lowest BCUT2D eigenvalue weighted by Gasteiger charge is -2.13. The number of hydrogen-bond donors (Lipinski definition) is 2. The Labute approximate surface area is 112 Å². The molecule has 1 aliphatic heterocycles. The molecule has 0 aliphatic carbocycles. The van der Waals surface area contributed by atoms with E-state index in [0.717, 1.165) is 15.8 Å². The van der Waals surface area contributed by atoms with Crippen LogP contribution in [-0.2, 0) is 4.79 Å². The largest absolute Gasteiger partial charge is 0.496 e. The highest BCUT2D eigenvalue weighted by Crippen LogP contribution is 2.36. The van der Waals surface area contributed by atoms with Crippen LogP contribution in [0.15, 0.2) is 22.7 Å². The van der Waals surface area contributed by atoms with Crippen molar-refractivity contribution in [3.8, 4) is 5.75 Å². The second-order valence-corrected chi connectivity index (χ2v) is 5.66. The van der Waals surface area contributed by atoms with Crippen LogP contribution in [0.25, 0.3) is 0 Å². The minimum absolute atomic E-state index is 0.0262. The van der Waals surface area contributed by atoms with Gasteiger partial charge in [0.15, 0.2) is 0 Å². The molecule has 1 aromatic rings. The zero-order valence-electron chi connectivity index (χ0n) is 9.14. The standard InChI is InChI=1S/C11H12BrNO3S/c1-16-9-3-2-6(4-7(9)12)10-13-8(5-17-10)11(14)15/h2-4,8,10,13H,5H2,1H3,(H,14,15). The van der Waals surface area contributed by atoms with Crippen molar-refractivity contribution in [1.29, 1.82) is 0 Å². The van der Waals surface area contributed by atoms with E-state index in [9.17, 15) is 4.79 Å². The molecule has 0 saturated carbocycles. The lowest BCUT2D eigenvalue weighted by atomic mass is 10.2. The van der Waals surface area contributed by atoms with Crippen molar-refractivity contribution in [3.05, 3.63) is 28.2 Å². The zero-order valence-corrected chi connectivity index (χ0v) is 11.5. The summed E-state index contributed by atoms with van der Waals surface area (Å²) >= 11 is 5.02. The Morgan fingerprint density at radius 1 is 1.65 bits per heavy atom. The third-order valence-corrected chi connectivity index (χ3v) is 4.45. The van der Waals surface area contributed by atoms with Gasteiger partial charge in [-0.05, 0) is 33.6 Å². The molecule has 1 heterocycles. The van der Waals surface area contributed by atoms with Gasteiger partial charge in [-0.25, -0.2) is 0 Å². The summed E-state index contributed by atoms with van der Waals surface area (Å²) in [5.41, 5.74) is 1.05. The summed E-state index contributed by atoms with van der Waals surface area (Å²) in [6.07, 6.45) is 0. The first kappa shape index (κ1) is 12.7. The highest BCUT2D eigenvalue weighted by Gasteiger charge is 2.30. The van der Waals surface area contributed by atoms with Crippen molar-refractivity contribution < 1.29 is 14.6 Å². The maximum Gasteiger partial charge on any atom is 0.321 e. The van der Waals surface area contributed by atoms with E-state index in [1.807, 2.05) is 18.2 Å². The minimum atomic E-state index is -0.799. The van der Waals surface area contributed by atoms with Gasteiger partial charge in [0, 0.05) is 5.75 Å². The van der Waals surface area contributed by atoms with Crippen molar-refractivity contribution >= 4 is 33.7 Å². The molecule has 0 bridgehead atoms. The molecule has 6 heteroatoms. The molecule has 4 nitrogen and oxygen atoms in total. The van der Waals surface area contributed by atoms with Gasteiger partial charge < -0.3 is 9.84 Å². The normalized spacial score (nSPS) is 23.6. The number of hydrogen-bond acceptors (Lipinski definition) is 4. The molecule has 1 aliphatic rings. The lowest BCUT2D eigenvalue weighted by Crippen LogP contribution is -2.33. The van der Waals surface area contributed by atoms with Crippen LogP contribution in [-0.4, -0.2) is 30.0 Å². The van der Waals surface area contributed by atoms with Crippen LogP contribution in [0.1, 0.15) is 10.9 Å². The zero-order chi connectivity index (χ0) is 12.4. The monoisotopic (exact) mass is 317 g/mol. The Balaban J connectivity index is 2.14. The number of carbonyl (C=O) groups is 1. The van der Waals surface area contributed by atoms with Crippen molar-refractivity contribution in [1.82, 2.24) is 5.32 Å². The summed E-state index contributed by atoms with van der Waals surface area (Å²) in [7, 11) is 1.61. The molecule has 1 fully saturated rings. The molecule has 0 amide bonds. The van der Waals surface area contributed by atoms with Crippen LogP contribution in [0, 0.1) is 0 Å². The Hall–Kier alpha value is -0.720. The summed E-state index contributed by atoms with van der Waals surface area (Å²) in [6, 6.07) is 5.30. The van der Waals surface area contributed by atoms with E-state index < -0.39 is 12.0 Å². The number of benzene rings is 1. The van der Waals surface area contributed by atoms with Crippen LogP contribution in [0.5, 0.6) is 5.75 Å². The smallest absolute Gasteiger partial charge is 0.321 e. The maximum absolute atomic E-state index is 10.8. The van der Waals surface area contributed by atoms with Crippen LogP contribution in [0.2, 0.25) is 0 Å². The predicted octanol–water partition coefficient (Wildman–Crippen LogP) is 2.25. The SMILES string of the molecule is COc1ccc(C2NC(C(=O)O)CS2)cc1Br. The molecule has 0 aromatic heterocycles. The lowest BCUT2D eigenvalue weighted by molar-refractivity contribution is -0.138. The second kappa shape index (κ2) is 5.29. The van der Waals surface area contributed by atoms with Gasteiger partial charge in [0.1, 0.15) is 11.8 Å². The number of methoxy groups -OCH3 is 1. The second-order valence-electron chi connectivity index (χ2n) is 3.66. The number of carboxylic acid groups (broad SMARTS) is 1. The van der Waals surface area contributed by atoms with Gasteiger partial charge in [0.25, 0.3) is 0 Å². The molecule has 1 aromatic carbocycles. The van der Waals surface area contributed by atoms with E-state index in [-0.39, 0.29) is 5.37 Å². The topological polar surface area (TPSA) is 58.6 Å². The molecule has 17 heavy (non-hydrogen) atoms. The fourth-order valence-corrected chi connectivity index (χ4v) is 3.43. The molecule has 2 rings (SSSR count). The van der Waals surface area contributed by atoms with Crippen molar-refractivity contribution in [2.75, 3.05) is 12.9 Å². The summed E-state index contributed by atoms with van der Waals surface area (Å²) < 4.78 is 6.03. The molecule has 92 valence electrons. The number of aliphatic carboxylic acids is 1. The van der Waals surface area contributed by atoms with E-state index >= 15 is 0 Å². The van der Waals surface area contributed by atoms with Crippen LogP contribution >= 0.6 is 27.7 Å². The van der Waals surface area contributed by atoms with Crippen molar-refractivity contribution in [2.24, 2.45) is 0 Å². The Morgan fingerprint density at radius 3 is 2.94 bits per heavy atom. The van der Waals surface area contributed by atoms with E-state index in [4.69, 9.17) is 9.84 Å². The first-order valence-corrected chi connectivity index (χ1v) is 6.90. The van der Waals surface area contributed by atoms with E-state index in [2.05, 4.69) is 21.2 Å². The van der Waals surface area contributed by atoms with E-state index in [1.165, 1.54) is 0 Å². The molecule has 0 spiro atoms. The first-order chi connectivity index (χ1) is 8.11. The number of nitrogens with one attached hydrogen (secondary N) is 1. The minimum Gasteiger partial charge on any atom is -0.496 e. The fourth-order valence-electron chi connectivity index (χ4n) is 1.65. The fraction of sp³-hybridized carbons (Fsp3) is 0.364. The Morgan fingerprint density at radius 2 is 2.41 bits per heavy atom. The first-order valence-electron chi connectivity index (χ1n) is 5.05. The maximum atomic E-state index is 10.8. The van der Waals surface area contributed by atoms with Crippen LogP contribution in [0.3, 0.4) is 0 Å². The van der Waals surface area contributed by atoms with Crippen LogP contribution in [0.4, 0.5) is 0 Å². The third-order valence-electron chi connectivity index (χ3n) is 2.56. The molecule has 1 saturated heterocycles. The number of halogens is 1. The average Bonchev–Trinajstić information content (AvgIpc) is 2.78. The van der Waals surface area contributed by atoms with Crippen LogP contribution < -0.4 is 10.1 Å². The van der Waals surface area contributed by atoms with Gasteiger partial charge in [-0.2, -0.15) is 0 Å². The molecular formula is C11H12BrNO3S. The number of rotatable bonds is 3. The van der Waals surface area contributed by atoms with E-state index in [0.29, 0.717) is 5.75 Å². The van der Waals surface area contributed by atoms with Gasteiger partial charge in [0.2, 0.25) is 0 Å². The van der Waals surface area contributed by atoms with E-state index in [1.54, 1.807) is 18.9 Å². The summed E-state index contributed by atoms with van der Waals surface area (Å²) in [4.78, 5) is 10.8. The third kappa shape index (κ3) is 2.75. The van der Waals surface area contributed by atoms with Gasteiger partial charge in [-0.1, -0.05) is 6.07 Å². The molecule has 2 atom stereocenters. The van der Waals surface area contributed by atoms with Gasteiger partial charge in [-0.3, -0.25) is 10.1 Å². The Bertz CT molecular complexity index is 441. The highest BCUT2D eigenvalue weighted by molar-refractivity contribution is 9.10. The molecular weight excluding hydrogens is 306 g/mol. The quantitative estimate of drug-likeness (QED) is 0.895. The molecule has 2 N–H and O–H groups in total. The summed E-state index contributed by atoms with van der Waals surface area (Å²) in [5, 5.41) is 12.0. The number of ether oxygens (including phenoxy) is 1. The van der Waals surface area contributed by atoms with Gasteiger partial charge in [-0.15, -0.1) is 11.8 Å². The Kier molecular flexibility index (Phi) is 3.96. The van der Waals surface area contributed by atoms with Gasteiger partial charge >= 0.3 is 5.97 Å². The molecule has 0 radical (unpaired) electrons. The average molecular weight is 318 g/mol. The number of carboxylic acids is 1. The van der Waals surface area contributed by atoms with Crippen molar-refractivity contribution in [2.45, 2.75) is 11.4 Å². The highest BCUT2D eigenvalue weighted by atomic mass is 79.9. The number of thioether (sulfide) groups is 1.